The molecule has 7 nitrogen and oxygen atoms in total. The number of benzene rings is 3. The largest absolute Gasteiger partial charge is 0.478 e. The second-order valence-electron chi connectivity index (χ2n) is 7.93. The maximum absolute atomic E-state index is 12.6. The number of carboxylic acids is 1. The molecular weight excluding hydrogens is 432 g/mol. The predicted octanol–water partition coefficient (Wildman–Crippen LogP) is 4.73. The van der Waals surface area contributed by atoms with Crippen LogP contribution >= 0.6 is 0 Å². The molecular formula is C27H24N2O5. The Morgan fingerprint density at radius 2 is 1.62 bits per heavy atom. The molecule has 0 radical (unpaired) electrons. The van der Waals surface area contributed by atoms with Crippen LogP contribution in [0.25, 0.3) is 11.1 Å². The molecule has 0 bridgehead atoms. The van der Waals surface area contributed by atoms with Gasteiger partial charge in [-0.25, -0.2) is 9.59 Å². The first-order chi connectivity index (χ1) is 16.4. The zero-order valence-electron chi connectivity index (χ0n) is 18.6. The molecule has 1 aliphatic rings. The molecule has 34 heavy (non-hydrogen) atoms. The predicted molar refractivity (Wildman–Crippen MR) is 129 cm³/mol. The number of rotatable bonds is 7. The molecule has 0 spiro atoms. The van der Waals surface area contributed by atoms with Gasteiger partial charge in [-0.1, -0.05) is 60.7 Å². The van der Waals surface area contributed by atoms with E-state index < -0.39 is 12.1 Å². The lowest BCUT2D eigenvalue weighted by Crippen LogP contribution is -2.24. The van der Waals surface area contributed by atoms with Gasteiger partial charge in [0.2, 0.25) is 0 Å². The number of hydrogen-bond acceptors (Lipinski definition) is 4. The standard InChI is InChI=1S/C27H24N2O5/c1-17-12-13-18(26(32)28-14-6-11-25(30)31)15-24(17)29-27(33)34-16-23-21-9-4-2-7-19(21)20-8-3-5-10-22(20)23/h2-13,15,23H,14,16H2,1H3,(H,28,32)(H,29,33)(H,30,31)/b11-6+. The van der Waals surface area contributed by atoms with E-state index in [4.69, 9.17) is 9.84 Å². The maximum Gasteiger partial charge on any atom is 0.411 e. The zero-order valence-corrected chi connectivity index (χ0v) is 18.6. The van der Waals surface area contributed by atoms with Crippen LogP contribution in [-0.2, 0) is 9.53 Å². The van der Waals surface area contributed by atoms with Gasteiger partial charge in [-0.15, -0.1) is 0 Å². The second kappa shape index (κ2) is 10.0. The Bertz CT molecular complexity index is 1240. The van der Waals surface area contributed by atoms with E-state index in [0.29, 0.717) is 11.3 Å². The molecule has 0 unspecified atom stereocenters. The number of amides is 2. The number of aryl methyl sites for hydroxylation is 1. The van der Waals surface area contributed by atoms with Gasteiger partial charge in [0.25, 0.3) is 5.91 Å². The van der Waals surface area contributed by atoms with Crippen LogP contribution in [0.2, 0.25) is 0 Å². The number of nitrogens with one attached hydrogen (secondary N) is 2. The van der Waals surface area contributed by atoms with Crippen LogP contribution in [-0.4, -0.2) is 36.2 Å². The molecule has 0 saturated heterocycles. The van der Waals surface area contributed by atoms with E-state index in [9.17, 15) is 14.4 Å². The van der Waals surface area contributed by atoms with Crippen LogP contribution in [0.5, 0.6) is 0 Å². The molecule has 0 aromatic heterocycles. The first-order valence-corrected chi connectivity index (χ1v) is 10.8. The van der Waals surface area contributed by atoms with Gasteiger partial charge in [0, 0.05) is 29.8 Å². The summed E-state index contributed by atoms with van der Waals surface area (Å²) < 4.78 is 5.59. The molecule has 0 fully saturated rings. The quantitative estimate of drug-likeness (QED) is 0.446. The number of aliphatic carboxylic acids is 1. The summed E-state index contributed by atoms with van der Waals surface area (Å²) in [5, 5.41) is 13.9. The highest BCUT2D eigenvalue weighted by Gasteiger charge is 2.29. The fraction of sp³-hybridized carbons (Fsp3) is 0.148. The Hall–Kier alpha value is -4.39. The van der Waals surface area contributed by atoms with E-state index in [1.807, 2.05) is 31.2 Å². The summed E-state index contributed by atoms with van der Waals surface area (Å²) >= 11 is 0. The van der Waals surface area contributed by atoms with Crippen molar-refractivity contribution in [1.82, 2.24) is 5.32 Å². The van der Waals surface area contributed by atoms with Crippen molar-refractivity contribution < 1.29 is 24.2 Å². The van der Waals surface area contributed by atoms with Crippen molar-refractivity contribution in [2.75, 3.05) is 18.5 Å². The molecule has 0 saturated carbocycles. The topological polar surface area (TPSA) is 105 Å². The maximum atomic E-state index is 12.6. The van der Waals surface area contributed by atoms with Gasteiger partial charge < -0.3 is 15.2 Å². The molecule has 7 heteroatoms. The van der Waals surface area contributed by atoms with E-state index >= 15 is 0 Å². The monoisotopic (exact) mass is 456 g/mol. The van der Waals surface area contributed by atoms with Crippen molar-refractivity contribution in [3.8, 4) is 11.1 Å². The van der Waals surface area contributed by atoms with Crippen molar-refractivity contribution in [3.05, 3.63) is 101 Å². The summed E-state index contributed by atoms with van der Waals surface area (Å²) in [5.41, 5.74) is 6.14. The second-order valence-corrected chi connectivity index (χ2v) is 7.93. The fourth-order valence-electron chi connectivity index (χ4n) is 4.06. The highest BCUT2D eigenvalue weighted by atomic mass is 16.5. The average molecular weight is 456 g/mol. The number of fused-ring (bicyclic) bond motifs is 3. The van der Waals surface area contributed by atoms with Crippen LogP contribution in [0.3, 0.4) is 0 Å². The third-order valence-electron chi connectivity index (χ3n) is 5.72. The van der Waals surface area contributed by atoms with Gasteiger partial charge in [-0.05, 0) is 46.9 Å². The summed E-state index contributed by atoms with van der Waals surface area (Å²) in [7, 11) is 0. The highest BCUT2D eigenvalue weighted by Crippen LogP contribution is 2.44. The van der Waals surface area contributed by atoms with Gasteiger partial charge in [-0.2, -0.15) is 0 Å². The van der Waals surface area contributed by atoms with Crippen LogP contribution < -0.4 is 10.6 Å². The zero-order chi connectivity index (χ0) is 24.1. The lowest BCUT2D eigenvalue weighted by atomic mass is 9.98. The average Bonchev–Trinajstić information content (AvgIpc) is 3.15. The number of carboxylic acid groups (broad SMARTS) is 1. The first-order valence-electron chi connectivity index (χ1n) is 10.8. The van der Waals surface area contributed by atoms with Crippen LogP contribution in [0.4, 0.5) is 10.5 Å². The summed E-state index contributed by atoms with van der Waals surface area (Å²) in [4.78, 5) is 35.4. The van der Waals surface area contributed by atoms with Gasteiger partial charge in [0.1, 0.15) is 6.61 Å². The van der Waals surface area contributed by atoms with Crippen molar-refractivity contribution >= 4 is 23.7 Å². The normalized spacial score (nSPS) is 12.1. The summed E-state index contributed by atoms with van der Waals surface area (Å²) in [6, 6.07) is 21.1. The summed E-state index contributed by atoms with van der Waals surface area (Å²) in [6.07, 6.45) is 1.69. The molecule has 2 amide bonds. The minimum atomic E-state index is -1.08. The number of hydrogen-bond donors (Lipinski definition) is 3. The number of carbonyl (C=O) groups is 3. The Kier molecular flexibility index (Phi) is 6.73. The van der Waals surface area contributed by atoms with E-state index in [0.717, 1.165) is 33.9 Å². The SMILES string of the molecule is Cc1ccc(C(=O)NC/C=C/C(=O)O)cc1NC(=O)OCC1c2ccccc2-c2ccccc21. The number of carbonyl (C=O) groups excluding carboxylic acids is 2. The molecule has 3 aromatic rings. The Morgan fingerprint density at radius 1 is 0.971 bits per heavy atom. The molecule has 0 heterocycles. The van der Waals surface area contributed by atoms with Crippen LogP contribution in [0.1, 0.15) is 33.0 Å². The minimum Gasteiger partial charge on any atom is -0.478 e. The Morgan fingerprint density at radius 3 is 2.26 bits per heavy atom. The van der Waals surface area contributed by atoms with Crippen molar-refractivity contribution in [2.45, 2.75) is 12.8 Å². The fourth-order valence-corrected chi connectivity index (χ4v) is 4.06. The van der Waals surface area contributed by atoms with Crippen molar-refractivity contribution in [3.63, 3.8) is 0 Å². The van der Waals surface area contributed by atoms with Gasteiger partial charge in [0.15, 0.2) is 0 Å². The summed E-state index contributed by atoms with van der Waals surface area (Å²) in [6.45, 7) is 2.08. The van der Waals surface area contributed by atoms with Crippen molar-refractivity contribution in [1.29, 1.82) is 0 Å². The molecule has 0 aliphatic heterocycles. The third-order valence-corrected chi connectivity index (χ3v) is 5.72. The molecule has 0 atom stereocenters. The number of ether oxygens (including phenoxy) is 1. The third kappa shape index (κ3) is 4.99. The lowest BCUT2D eigenvalue weighted by molar-refractivity contribution is -0.131. The van der Waals surface area contributed by atoms with Gasteiger partial charge in [-0.3, -0.25) is 10.1 Å². The highest BCUT2D eigenvalue weighted by molar-refractivity contribution is 5.97. The molecule has 3 N–H and O–H groups in total. The Labute approximate surface area is 197 Å². The van der Waals surface area contributed by atoms with Crippen molar-refractivity contribution in [2.24, 2.45) is 0 Å². The molecule has 4 rings (SSSR count). The molecule has 172 valence electrons. The van der Waals surface area contributed by atoms with Gasteiger partial charge in [0.05, 0.1) is 0 Å². The minimum absolute atomic E-state index is 0.0461. The van der Waals surface area contributed by atoms with E-state index in [1.165, 1.54) is 6.08 Å². The Balaban J connectivity index is 1.40. The van der Waals surface area contributed by atoms with Crippen LogP contribution in [0, 0.1) is 6.92 Å². The van der Waals surface area contributed by atoms with E-state index in [-0.39, 0.29) is 25.0 Å². The van der Waals surface area contributed by atoms with Crippen LogP contribution in [0.15, 0.2) is 78.9 Å². The lowest BCUT2D eigenvalue weighted by Gasteiger charge is -2.15. The van der Waals surface area contributed by atoms with E-state index in [2.05, 4.69) is 34.9 Å². The molecule has 1 aliphatic carbocycles. The summed E-state index contributed by atoms with van der Waals surface area (Å²) in [5.74, 6) is -1.51. The first kappa shape index (κ1) is 22.8. The number of anilines is 1. The smallest absolute Gasteiger partial charge is 0.411 e. The van der Waals surface area contributed by atoms with E-state index in [1.54, 1.807) is 18.2 Å². The molecule has 3 aromatic carbocycles. The van der Waals surface area contributed by atoms with Gasteiger partial charge >= 0.3 is 12.1 Å².